The van der Waals surface area contributed by atoms with Crippen LogP contribution in [0, 0.1) is 5.41 Å². The average molecular weight is 251 g/mol. The molecule has 0 fully saturated rings. The Labute approximate surface area is 110 Å². The summed E-state index contributed by atoms with van der Waals surface area (Å²) in [6, 6.07) is 10.1. The van der Waals surface area contributed by atoms with Crippen molar-refractivity contribution in [3.8, 4) is 0 Å². The van der Waals surface area contributed by atoms with Gasteiger partial charge in [0.25, 0.3) is 0 Å². The van der Waals surface area contributed by atoms with E-state index in [-0.39, 0.29) is 30.7 Å². The maximum atomic E-state index is 9.20. The van der Waals surface area contributed by atoms with Gasteiger partial charge in [0.05, 0.1) is 19.3 Å². The summed E-state index contributed by atoms with van der Waals surface area (Å²) in [5, 5.41) is 21.7. The van der Waals surface area contributed by atoms with Crippen LogP contribution in [0.4, 0.5) is 0 Å². The highest BCUT2D eigenvalue weighted by atomic mass is 16.3. The first-order valence-electron chi connectivity index (χ1n) is 6.49. The lowest BCUT2D eigenvalue weighted by Crippen LogP contribution is -2.39. The van der Waals surface area contributed by atoms with Crippen molar-refractivity contribution in [3.05, 3.63) is 35.9 Å². The van der Waals surface area contributed by atoms with Crippen LogP contribution in [0.2, 0.25) is 0 Å². The molecule has 0 bridgehead atoms. The molecule has 3 heteroatoms. The van der Waals surface area contributed by atoms with Crippen molar-refractivity contribution in [1.82, 2.24) is 5.32 Å². The van der Waals surface area contributed by atoms with Gasteiger partial charge in [0.15, 0.2) is 0 Å². The Kier molecular flexibility index (Phi) is 5.79. The van der Waals surface area contributed by atoms with Crippen LogP contribution < -0.4 is 5.32 Å². The summed E-state index contributed by atoms with van der Waals surface area (Å²) < 4.78 is 0. The number of aliphatic hydroxyl groups excluding tert-OH is 2. The quantitative estimate of drug-likeness (QED) is 0.726. The van der Waals surface area contributed by atoms with E-state index in [2.05, 4.69) is 38.2 Å². The standard InChI is InChI=1S/C15H25NO2/c1-15(2,3)9-14(16-13(10-17)11-18)12-7-5-4-6-8-12/h4-8,13-14,16-18H,9-11H2,1-3H3. The van der Waals surface area contributed by atoms with Gasteiger partial charge in [-0.15, -0.1) is 0 Å². The van der Waals surface area contributed by atoms with Crippen molar-refractivity contribution >= 4 is 0 Å². The zero-order chi connectivity index (χ0) is 13.6. The average Bonchev–Trinajstić information content (AvgIpc) is 2.34. The van der Waals surface area contributed by atoms with Crippen molar-refractivity contribution in [2.24, 2.45) is 5.41 Å². The Hall–Kier alpha value is -0.900. The third-order valence-corrected chi connectivity index (χ3v) is 2.90. The van der Waals surface area contributed by atoms with Crippen LogP contribution in [0.1, 0.15) is 38.8 Å². The molecule has 1 aromatic rings. The zero-order valence-electron chi connectivity index (χ0n) is 11.6. The number of hydrogen-bond acceptors (Lipinski definition) is 3. The molecule has 1 aromatic carbocycles. The van der Waals surface area contributed by atoms with E-state index in [1.807, 2.05) is 18.2 Å². The number of rotatable bonds is 6. The lowest BCUT2D eigenvalue weighted by Gasteiger charge is -2.30. The first-order chi connectivity index (χ1) is 8.46. The topological polar surface area (TPSA) is 52.5 Å². The summed E-state index contributed by atoms with van der Waals surface area (Å²) >= 11 is 0. The first-order valence-corrected chi connectivity index (χ1v) is 6.49. The van der Waals surface area contributed by atoms with E-state index in [4.69, 9.17) is 0 Å². The minimum absolute atomic E-state index is 0.0516. The summed E-state index contributed by atoms with van der Waals surface area (Å²) in [5.41, 5.74) is 1.38. The van der Waals surface area contributed by atoms with Gasteiger partial charge in [-0.25, -0.2) is 0 Å². The fourth-order valence-corrected chi connectivity index (χ4v) is 2.02. The number of aliphatic hydroxyl groups is 2. The number of hydrogen-bond donors (Lipinski definition) is 3. The van der Waals surface area contributed by atoms with Gasteiger partial charge in [0.1, 0.15) is 0 Å². The number of nitrogens with one attached hydrogen (secondary N) is 1. The zero-order valence-corrected chi connectivity index (χ0v) is 11.6. The van der Waals surface area contributed by atoms with Gasteiger partial charge < -0.3 is 15.5 Å². The molecule has 1 unspecified atom stereocenters. The van der Waals surface area contributed by atoms with Gasteiger partial charge in [-0.1, -0.05) is 51.1 Å². The summed E-state index contributed by atoms with van der Waals surface area (Å²) in [6.45, 7) is 6.47. The monoisotopic (exact) mass is 251 g/mol. The van der Waals surface area contributed by atoms with Gasteiger partial charge in [-0.3, -0.25) is 0 Å². The van der Waals surface area contributed by atoms with Gasteiger partial charge >= 0.3 is 0 Å². The van der Waals surface area contributed by atoms with E-state index >= 15 is 0 Å². The molecule has 0 radical (unpaired) electrons. The highest BCUT2D eigenvalue weighted by Gasteiger charge is 2.22. The van der Waals surface area contributed by atoms with Crippen LogP contribution in [-0.2, 0) is 0 Å². The third-order valence-electron chi connectivity index (χ3n) is 2.90. The Bertz CT molecular complexity index is 328. The van der Waals surface area contributed by atoms with Crippen molar-refractivity contribution in [2.75, 3.05) is 13.2 Å². The molecule has 0 amide bonds. The second kappa shape index (κ2) is 6.88. The molecular formula is C15H25NO2. The van der Waals surface area contributed by atoms with Gasteiger partial charge in [-0.05, 0) is 17.4 Å². The van der Waals surface area contributed by atoms with Crippen molar-refractivity contribution in [1.29, 1.82) is 0 Å². The fourth-order valence-electron chi connectivity index (χ4n) is 2.02. The molecular weight excluding hydrogens is 226 g/mol. The molecule has 3 N–H and O–H groups in total. The molecule has 0 saturated heterocycles. The molecule has 18 heavy (non-hydrogen) atoms. The van der Waals surface area contributed by atoms with Crippen molar-refractivity contribution in [3.63, 3.8) is 0 Å². The van der Waals surface area contributed by atoms with Crippen LogP contribution in [0.3, 0.4) is 0 Å². The highest BCUT2D eigenvalue weighted by molar-refractivity contribution is 5.19. The van der Waals surface area contributed by atoms with Crippen molar-refractivity contribution < 1.29 is 10.2 Å². The predicted octanol–water partition coefficient (Wildman–Crippen LogP) is 2.11. The summed E-state index contributed by atoms with van der Waals surface area (Å²) in [6.07, 6.45) is 0.952. The molecule has 0 saturated carbocycles. The number of benzene rings is 1. The highest BCUT2D eigenvalue weighted by Crippen LogP contribution is 2.29. The summed E-state index contributed by atoms with van der Waals surface area (Å²) in [5.74, 6) is 0. The van der Waals surface area contributed by atoms with Crippen LogP contribution in [0.5, 0.6) is 0 Å². The van der Waals surface area contributed by atoms with E-state index in [1.54, 1.807) is 0 Å². The van der Waals surface area contributed by atoms with Crippen molar-refractivity contribution in [2.45, 2.75) is 39.3 Å². The van der Waals surface area contributed by atoms with E-state index < -0.39 is 0 Å². The van der Waals surface area contributed by atoms with Crippen LogP contribution in [0.15, 0.2) is 30.3 Å². The van der Waals surface area contributed by atoms with E-state index in [9.17, 15) is 10.2 Å². The Balaban J connectivity index is 2.82. The summed E-state index contributed by atoms with van der Waals surface area (Å²) in [4.78, 5) is 0. The minimum Gasteiger partial charge on any atom is -0.395 e. The van der Waals surface area contributed by atoms with Gasteiger partial charge in [0.2, 0.25) is 0 Å². The van der Waals surface area contributed by atoms with E-state index in [0.717, 1.165) is 6.42 Å². The molecule has 0 heterocycles. The first kappa shape index (κ1) is 15.2. The minimum atomic E-state index is -0.266. The Morgan fingerprint density at radius 1 is 1.06 bits per heavy atom. The molecule has 1 rings (SSSR count). The fraction of sp³-hybridized carbons (Fsp3) is 0.600. The van der Waals surface area contributed by atoms with Crippen LogP contribution >= 0.6 is 0 Å². The van der Waals surface area contributed by atoms with E-state index in [0.29, 0.717) is 0 Å². The molecule has 102 valence electrons. The third kappa shape index (κ3) is 5.17. The molecule has 0 spiro atoms. The Morgan fingerprint density at radius 3 is 2.06 bits per heavy atom. The maximum Gasteiger partial charge on any atom is 0.0607 e. The smallest absolute Gasteiger partial charge is 0.0607 e. The molecule has 0 aliphatic carbocycles. The van der Waals surface area contributed by atoms with E-state index in [1.165, 1.54) is 5.56 Å². The molecule has 0 aliphatic rings. The second-order valence-corrected chi connectivity index (χ2v) is 5.96. The molecule has 0 aliphatic heterocycles. The van der Waals surface area contributed by atoms with Crippen LogP contribution in [-0.4, -0.2) is 29.5 Å². The molecule has 1 atom stereocenters. The lowest BCUT2D eigenvalue weighted by molar-refractivity contribution is 0.153. The normalized spacial score (nSPS) is 13.9. The SMILES string of the molecule is CC(C)(C)CC(NC(CO)CO)c1ccccc1. The Morgan fingerprint density at radius 2 is 1.61 bits per heavy atom. The van der Waals surface area contributed by atoms with Gasteiger partial charge in [0, 0.05) is 6.04 Å². The maximum absolute atomic E-state index is 9.20. The summed E-state index contributed by atoms with van der Waals surface area (Å²) in [7, 11) is 0. The lowest BCUT2D eigenvalue weighted by atomic mass is 9.85. The van der Waals surface area contributed by atoms with Crippen LogP contribution in [0.25, 0.3) is 0 Å². The molecule has 0 aromatic heterocycles. The predicted molar refractivity (Wildman–Crippen MR) is 74.4 cm³/mol. The largest absolute Gasteiger partial charge is 0.395 e. The molecule has 3 nitrogen and oxygen atoms in total. The second-order valence-electron chi connectivity index (χ2n) is 5.96. The van der Waals surface area contributed by atoms with Gasteiger partial charge in [-0.2, -0.15) is 0 Å².